The van der Waals surface area contributed by atoms with Crippen LogP contribution in [0.5, 0.6) is 0 Å². The van der Waals surface area contributed by atoms with Gasteiger partial charge in [-0.15, -0.1) is 24.0 Å². The third-order valence-corrected chi connectivity index (χ3v) is 4.26. The van der Waals surface area contributed by atoms with Crippen LogP contribution in [-0.4, -0.2) is 35.8 Å². The Balaban J connectivity index is 0.00000243. The molecule has 136 valence electrons. The van der Waals surface area contributed by atoms with Crippen LogP contribution in [0, 0.1) is 13.8 Å². The molecule has 3 N–H and O–H groups in total. The van der Waals surface area contributed by atoms with E-state index >= 15 is 0 Å². The molecule has 2 aromatic carbocycles. The van der Waals surface area contributed by atoms with Gasteiger partial charge in [0.25, 0.3) is 11.8 Å². The highest BCUT2D eigenvalue weighted by Crippen LogP contribution is 2.21. The van der Waals surface area contributed by atoms with Crippen LogP contribution in [0.1, 0.15) is 31.8 Å². The van der Waals surface area contributed by atoms with Crippen molar-refractivity contribution in [3.05, 3.63) is 64.7 Å². The topological polar surface area (TPSA) is 87.8 Å². The second-order valence-corrected chi connectivity index (χ2v) is 6.00. The van der Waals surface area contributed by atoms with Crippen LogP contribution in [0.25, 0.3) is 0 Å². The third-order valence-electron chi connectivity index (χ3n) is 4.26. The molecule has 7 heteroatoms. The van der Waals surface area contributed by atoms with Gasteiger partial charge in [0, 0.05) is 12.2 Å². The Morgan fingerprint density at radius 1 is 1.04 bits per heavy atom. The number of amides is 2. The van der Waals surface area contributed by atoms with Gasteiger partial charge in [-0.1, -0.05) is 18.2 Å². The van der Waals surface area contributed by atoms with Gasteiger partial charge in [0.05, 0.1) is 17.7 Å². The van der Waals surface area contributed by atoms with Crippen molar-refractivity contribution in [1.82, 2.24) is 4.90 Å². The van der Waals surface area contributed by atoms with Gasteiger partial charge in [-0.25, -0.2) is 0 Å². The van der Waals surface area contributed by atoms with Gasteiger partial charge >= 0.3 is 0 Å². The fourth-order valence-electron chi connectivity index (χ4n) is 2.72. The molecule has 0 spiro atoms. The Labute approximate surface area is 169 Å². The van der Waals surface area contributed by atoms with Crippen LogP contribution in [0.15, 0.2) is 47.5 Å². The molecular weight excluding hydrogens is 443 g/mol. The lowest BCUT2D eigenvalue weighted by Crippen LogP contribution is -2.33. The zero-order chi connectivity index (χ0) is 18.0. The van der Waals surface area contributed by atoms with E-state index < -0.39 is 0 Å². The number of nitrogens with one attached hydrogen (secondary N) is 1. The summed E-state index contributed by atoms with van der Waals surface area (Å²) in [5.41, 5.74) is 9.98. The quantitative estimate of drug-likeness (QED) is 0.315. The molecule has 1 heterocycles. The highest BCUT2D eigenvalue weighted by molar-refractivity contribution is 14.0. The fourth-order valence-corrected chi connectivity index (χ4v) is 2.72. The van der Waals surface area contributed by atoms with Crippen molar-refractivity contribution < 1.29 is 9.59 Å². The second kappa shape index (κ2) is 8.31. The van der Waals surface area contributed by atoms with Gasteiger partial charge in [0.1, 0.15) is 0 Å². The van der Waals surface area contributed by atoms with Crippen LogP contribution in [-0.2, 0) is 0 Å². The number of halogens is 1. The van der Waals surface area contributed by atoms with E-state index in [0.29, 0.717) is 11.1 Å². The summed E-state index contributed by atoms with van der Waals surface area (Å²) in [7, 11) is 0. The summed E-state index contributed by atoms with van der Waals surface area (Å²) < 4.78 is 0. The highest BCUT2D eigenvalue weighted by atomic mass is 127. The average molecular weight is 464 g/mol. The molecule has 0 saturated carbocycles. The van der Waals surface area contributed by atoms with Gasteiger partial charge < -0.3 is 11.1 Å². The number of anilines is 1. The zero-order valence-corrected chi connectivity index (χ0v) is 17.0. The van der Waals surface area contributed by atoms with Crippen LogP contribution in [0.4, 0.5) is 5.69 Å². The summed E-state index contributed by atoms with van der Waals surface area (Å²) in [4.78, 5) is 29.9. The zero-order valence-electron chi connectivity index (χ0n) is 14.7. The number of aryl methyl sites for hydroxylation is 2. The molecule has 0 aliphatic carbocycles. The molecule has 3 rings (SSSR count). The number of nitrogens with two attached hydrogens (primary N) is 1. The number of fused-ring (bicyclic) bond motifs is 1. The number of carbonyl (C=O) groups is 2. The van der Waals surface area contributed by atoms with Crippen molar-refractivity contribution in [3.63, 3.8) is 0 Å². The van der Waals surface area contributed by atoms with E-state index in [1.165, 1.54) is 10.5 Å². The van der Waals surface area contributed by atoms with E-state index in [4.69, 9.17) is 5.73 Å². The van der Waals surface area contributed by atoms with Crippen molar-refractivity contribution in [3.8, 4) is 0 Å². The molecule has 0 unspecified atom stereocenters. The molecular formula is C19H21IN4O2. The first-order chi connectivity index (χ1) is 12.0. The molecule has 0 atom stereocenters. The lowest BCUT2D eigenvalue weighted by atomic mass is 10.1. The van der Waals surface area contributed by atoms with Crippen molar-refractivity contribution in [2.75, 3.05) is 18.4 Å². The summed E-state index contributed by atoms with van der Waals surface area (Å²) in [6, 6.07) is 12.7. The predicted molar refractivity (Wildman–Crippen MR) is 113 cm³/mol. The first kappa shape index (κ1) is 19.9. The van der Waals surface area contributed by atoms with Gasteiger partial charge in [-0.05, 0) is 49.2 Å². The number of rotatable bonds is 4. The molecule has 0 bridgehead atoms. The SMILES string of the molecule is Cc1ccc(NC(N)=NCCN2C(=O)c3ccccc3C2=O)cc1C.I. The van der Waals surface area contributed by atoms with Gasteiger partial charge in [0.2, 0.25) is 0 Å². The average Bonchev–Trinajstić information content (AvgIpc) is 2.83. The van der Waals surface area contributed by atoms with Crippen molar-refractivity contribution in [2.24, 2.45) is 10.7 Å². The lowest BCUT2D eigenvalue weighted by molar-refractivity contribution is 0.0659. The summed E-state index contributed by atoms with van der Waals surface area (Å²) >= 11 is 0. The van der Waals surface area contributed by atoms with Gasteiger partial charge in [-0.3, -0.25) is 19.5 Å². The molecule has 1 aliphatic rings. The van der Waals surface area contributed by atoms with Crippen molar-refractivity contribution in [2.45, 2.75) is 13.8 Å². The maximum atomic E-state index is 12.3. The molecule has 6 nitrogen and oxygen atoms in total. The molecule has 0 saturated heterocycles. The van der Waals surface area contributed by atoms with E-state index in [1.54, 1.807) is 24.3 Å². The van der Waals surface area contributed by atoms with Crippen LogP contribution >= 0.6 is 24.0 Å². The van der Waals surface area contributed by atoms with E-state index in [0.717, 1.165) is 11.3 Å². The van der Waals surface area contributed by atoms with E-state index in [9.17, 15) is 9.59 Å². The Morgan fingerprint density at radius 2 is 1.65 bits per heavy atom. The van der Waals surface area contributed by atoms with Gasteiger partial charge in [0.15, 0.2) is 5.96 Å². The van der Waals surface area contributed by atoms with Crippen molar-refractivity contribution in [1.29, 1.82) is 0 Å². The van der Waals surface area contributed by atoms with Crippen LogP contribution < -0.4 is 11.1 Å². The second-order valence-electron chi connectivity index (χ2n) is 6.00. The van der Waals surface area contributed by atoms with E-state index in [2.05, 4.69) is 10.3 Å². The normalized spacial score (nSPS) is 13.5. The minimum Gasteiger partial charge on any atom is -0.370 e. The summed E-state index contributed by atoms with van der Waals surface area (Å²) in [5, 5.41) is 3.01. The first-order valence-electron chi connectivity index (χ1n) is 8.07. The monoisotopic (exact) mass is 464 g/mol. The Hall–Kier alpha value is -2.42. The lowest BCUT2D eigenvalue weighted by Gasteiger charge is -2.12. The highest BCUT2D eigenvalue weighted by Gasteiger charge is 2.34. The largest absolute Gasteiger partial charge is 0.370 e. The van der Waals surface area contributed by atoms with E-state index in [1.807, 2.05) is 32.0 Å². The molecule has 2 amide bonds. The smallest absolute Gasteiger partial charge is 0.261 e. The molecule has 1 aliphatic heterocycles. The van der Waals surface area contributed by atoms with Gasteiger partial charge in [-0.2, -0.15) is 0 Å². The number of hydrogen-bond donors (Lipinski definition) is 2. The van der Waals surface area contributed by atoms with Crippen molar-refractivity contribution >= 4 is 47.4 Å². The molecule has 0 radical (unpaired) electrons. The Morgan fingerprint density at radius 3 is 2.23 bits per heavy atom. The van der Waals surface area contributed by atoms with E-state index in [-0.39, 0.29) is 54.8 Å². The van der Waals surface area contributed by atoms with Crippen LogP contribution in [0.2, 0.25) is 0 Å². The summed E-state index contributed by atoms with van der Waals surface area (Å²) in [6.45, 7) is 4.51. The number of aliphatic imine (C=N–C) groups is 1. The number of carbonyl (C=O) groups excluding carboxylic acids is 2. The maximum Gasteiger partial charge on any atom is 0.261 e. The third kappa shape index (κ3) is 4.04. The fraction of sp³-hybridized carbons (Fsp3) is 0.211. The Kier molecular flexibility index (Phi) is 6.36. The number of imide groups is 1. The molecule has 0 aromatic heterocycles. The van der Waals surface area contributed by atoms with Crippen LogP contribution in [0.3, 0.4) is 0 Å². The Bertz CT molecular complexity index is 845. The number of benzene rings is 2. The first-order valence-corrected chi connectivity index (χ1v) is 8.07. The summed E-state index contributed by atoms with van der Waals surface area (Å²) in [6.07, 6.45) is 0. The molecule has 0 fully saturated rings. The summed E-state index contributed by atoms with van der Waals surface area (Å²) in [5.74, 6) is -0.312. The minimum absolute atomic E-state index is 0. The number of nitrogens with zero attached hydrogens (tertiary/aromatic N) is 2. The number of guanidine groups is 1. The minimum atomic E-state index is -0.281. The maximum absolute atomic E-state index is 12.3. The number of hydrogen-bond acceptors (Lipinski definition) is 3. The molecule has 2 aromatic rings. The molecule has 26 heavy (non-hydrogen) atoms. The standard InChI is InChI=1S/C19H20N4O2.HI/c1-12-7-8-14(11-13(12)2)22-19(20)21-9-10-23-17(24)15-5-3-4-6-16(15)18(23)25;/h3-8,11H,9-10H2,1-2H3,(H3,20,21,22);1H. The predicted octanol–water partition coefficient (Wildman–Crippen LogP) is 2.94.